The molecule has 0 aromatic heterocycles. The number of amides is 1. The molecule has 1 amide bonds. The molecule has 2 atom stereocenters. The van der Waals surface area contributed by atoms with Gasteiger partial charge in [-0.05, 0) is 39.3 Å². The van der Waals surface area contributed by atoms with Crippen LogP contribution in [0.4, 0.5) is 0 Å². The van der Waals surface area contributed by atoms with Gasteiger partial charge in [-0.25, -0.2) is 0 Å². The smallest absolute Gasteiger partial charge is 0.306 e. The molecule has 0 bridgehead atoms. The average Bonchev–Trinajstić information content (AvgIpc) is 2.34. The van der Waals surface area contributed by atoms with Crippen molar-refractivity contribution in [3.63, 3.8) is 0 Å². The fourth-order valence-corrected chi connectivity index (χ4v) is 2.27. The van der Waals surface area contributed by atoms with Gasteiger partial charge < -0.3 is 15.7 Å². The Kier molecular flexibility index (Phi) is 5.97. The van der Waals surface area contributed by atoms with E-state index in [2.05, 4.69) is 10.6 Å². The minimum Gasteiger partial charge on any atom is -0.481 e. The number of carboxylic acid groups (broad SMARTS) is 1. The van der Waals surface area contributed by atoms with Gasteiger partial charge in [0.2, 0.25) is 5.91 Å². The first-order valence-corrected chi connectivity index (χ1v) is 6.30. The zero-order chi connectivity index (χ0) is 12.7. The minimum absolute atomic E-state index is 0.0204. The molecule has 17 heavy (non-hydrogen) atoms. The fourth-order valence-electron chi connectivity index (χ4n) is 2.27. The van der Waals surface area contributed by atoms with E-state index in [1.807, 2.05) is 7.05 Å². The van der Waals surface area contributed by atoms with Crippen LogP contribution in [-0.2, 0) is 9.59 Å². The van der Waals surface area contributed by atoms with E-state index < -0.39 is 5.97 Å². The molecule has 1 aliphatic rings. The van der Waals surface area contributed by atoms with E-state index in [9.17, 15) is 9.59 Å². The molecule has 5 heteroatoms. The minimum atomic E-state index is -0.766. The maximum absolute atomic E-state index is 11.8. The van der Waals surface area contributed by atoms with Gasteiger partial charge in [0.15, 0.2) is 0 Å². The molecule has 5 nitrogen and oxygen atoms in total. The van der Waals surface area contributed by atoms with Gasteiger partial charge in [0, 0.05) is 12.5 Å². The Labute approximate surface area is 102 Å². The monoisotopic (exact) mass is 242 g/mol. The zero-order valence-corrected chi connectivity index (χ0v) is 10.4. The van der Waals surface area contributed by atoms with Crippen molar-refractivity contribution in [1.29, 1.82) is 0 Å². The molecule has 98 valence electrons. The largest absolute Gasteiger partial charge is 0.481 e. The Hall–Kier alpha value is -1.10. The number of aliphatic carboxylic acids is 1. The first kappa shape index (κ1) is 14.0. The molecule has 2 unspecified atom stereocenters. The molecular formula is C12H22N2O3. The van der Waals surface area contributed by atoms with Gasteiger partial charge in [0.1, 0.15) is 0 Å². The third-order valence-corrected chi connectivity index (χ3v) is 3.30. The molecule has 1 fully saturated rings. The zero-order valence-electron chi connectivity index (χ0n) is 10.4. The lowest BCUT2D eigenvalue weighted by atomic mass is 9.81. The number of nitrogens with one attached hydrogen (secondary N) is 2. The van der Waals surface area contributed by atoms with Crippen LogP contribution in [-0.4, -0.2) is 37.1 Å². The van der Waals surface area contributed by atoms with Crippen molar-refractivity contribution in [3.05, 3.63) is 0 Å². The van der Waals surface area contributed by atoms with Crippen LogP contribution in [0.3, 0.4) is 0 Å². The van der Waals surface area contributed by atoms with Crippen LogP contribution in [0.25, 0.3) is 0 Å². The summed E-state index contributed by atoms with van der Waals surface area (Å²) in [6.07, 6.45) is 3.76. The molecule has 0 radical (unpaired) electrons. The van der Waals surface area contributed by atoms with Gasteiger partial charge >= 0.3 is 5.97 Å². The highest BCUT2D eigenvalue weighted by Crippen LogP contribution is 2.29. The van der Waals surface area contributed by atoms with Crippen molar-refractivity contribution in [2.45, 2.75) is 32.1 Å². The molecule has 1 rings (SSSR count). The average molecular weight is 242 g/mol. The normalized spacial score (nSPS) is 24.3. The molecule has 0 heterocycles. The Morgan fingerprint density at radius 3 is 2.59 bits per heavy atom. The summed E-state index contributed by atoms with van der Waals surface area (Å²) in [4.78, 5) is 22.7. The summed E-state index contributed by atoms with van der Waals surface area (Å²) in [5, 5.41) is 14.8. The second kappa shape index (κ2) is 7.27. The number of hydrogen-bond donors (Lipinski definition) is 3. The molecule has 0 aromatic rings. The highest BCUT2D eigenvalue weighted by Gasteiger charge is 2.30. The van der Waals surface area contributed by atoms with Crippen molar-refractivity contribution >= 4 is 11.9 Å². The number of hydrogen-bond acceptors (Lipinski definition) is 3. The topological polar surface area (TPSA) is 78.4 Å². The first-order valence-electron chi connectivity index (χ1n) is 6.30. The molecule has 1 aliphatic carbocycles. The molecule has 3 N–H and O–H groups in total. The van der Waals surface area contributed by atoms with Crippen LogP contribution in [0.15, 0.2) is 0 Å². The van der Waals surface area contributed by atoms with E-state index in [4.69, 9.17) is 5.11 Å². The van der Waals surface area contributed by atoms with Crippen LogP contribution in [0.2, 0.25) is 0 Å². The highest BCUT2D eigenvalue weighted by molar-refractivity contribution is 5.80. The summed E-state index contributed by atoms with van der Waals surface area (Å²) in [6, 6.07) is 0. The summed E-state index contributed by atoms with van der Waals surface area (Å²) in [5.41, 5.74) is 0. The van der Waals surface area contributed by atoms with Crippen molar-refractivity contribution < 1.29 is 14.7 Å². The van der Waals surface area contributed by atoms with Gasteiger partial charge in [0.05, 0.1) is 5.92 Å². The van der Waals surface area contributed by atoms with E-state index >= 15 is 0 Å². The maximum Gasteiger partial charge on any atom is 0.306 e. The van der Waals surface area contributed by atoms with Crippen LogP contribution >= 0.6 is 0 Å². The van der Waals surface area contributed by atoms with Crippen molar-refractivity contribution in [2.75, 3.05) is 20.1 Å². The summed E-state index contributed by atoms with van der Waals surface area (Å²) in [6.45, 7) is 1.54. The van der Waals surface area contributed by atoms with Crippen LogP contribution < -0.4 is 10.6 Å². The Bertz CT molecular complexity index is 268. The van der Waals surface area contributed by atoms with Crippen LogP contribution in [0, 0.1) is 11.8 Å². The molecule has 0 spiro atoms. The summed E-state index contributed by atoms with van der Waals surface area (Å²) in [7, 11) is 1.88. The van der Waals surface area contributed by atoms with Crippen molar-refractivity contribution in [1.82, 2.24) is 10.6 Å². The lowest BCUT2D eigenvalue weighted by molar-refractivity contribution is -0.144. The second-order valence-electron chi connectivity index (χ2n) is 4.65. The van der Waals surface area contributed by atoms with E-state index in [0.717, 1.165) is 25.8 Å². The van der Waals surface area contributed by atoms with Gasteiger partial charge in [-0.15, -0.1) is 0 Å². The fraction of sp³-hybridized carbons (Fsp3) is 0.833. The van der Waals surface area contributed by atoms with Gasteiger partial charge in [-0.3, -0.25) is 9.59 Å². The quantitative estimate of drug-likeness (QED) is 0.596. The van der Waals surface area contributed by atoms with E-state index in [1.165, 1.54) is 0 Å². The van der Waals surface area contributed by atoms with Crippen molar-refractivity contribution in [3.8, 4) is 0 Å². The number of carbonyl (C=O) groups is 2. The maximum atomic E-state index is 11.8. The molecule has 1 saturated carbocycles. The van der Waals surface area contributed by atoms with E-state index in [1.54, 1.807) is 0 Å². The third-order valence-electron chi connectivity index (χ3n) is 3.30. The van der Waals surface area contributed by atoms with Gasteiger partial charge in [-0.2, -0.15) is 0 Å². The lowest BCUT2D eigenvalue weighted by Gasteiger charge is -2.25. The predicted octanol–water partition coefficient (Wildman–Crippen LogP) is 0.603. The number of carboxylic acids is 1. The molecule has 0 saturated heterocycles. The standard InChI is InChI=1S/C12H22N2O3/c1-13-6-3-7-14-11(15)9-4-2-5-10(8-9)12(16)17/h9-10,13H,2-8H2,1H3,(H,14,15)(H,16,17). The summed E-state index contributed by atoms with van der Waals surface area (Å²) in [5.74, 6) is -1.19. The Balaban J connectivity index is 2.28. The Morgan fingerprint density at radius 1 is 1.24 bits per heavy atom. The van der Waals surface area contributed by atoms with E-state index in [0.29, 0.717) is 19.4 Å². The molecular weight excluding hydrogens is 220 g/mol. The van der Waals surface area contributed by atoms with Gasteiger partial charge in [0.25, 0.3) is 0 Å². The Morgan fingerprint density at radius 2 is 1.94 bits per heavy atom. The van der Waals surface area contributed by atoms with Gasteiger partial charge in [-0.1, -0.05) is 6.42 Å². The lowest BCUT2D eigenvalue weighted by Crippen LogP contribution is -2.36. The molecule has 0 aliphatic heterocycles. The van der Waals surface area contributed by atoms with Crippen molar-refractivity contribution in [2.24, 2.45) is 11.8 Å². The van der Waals surface area contributed by atoms with Crippen LogP contribution in [0.1, 0.15) is 32.1 Å². The first-order chi connectivity index (χ1) is 8.15. The number of rotatable bonds is 6. The summed E-state index contributed by atoms with van der Waals surface area (Å²) >= 11 is 0. The van der Waals surface area contributed by atoms with E-state index in [-0.39, 0.29) is 17.7 Å². The van der Waals surface area contributed by atoms with Crippen LogP contribution in [0.5, 0.6) is 0 Å². The summed E-state index contributed by atoms with van der Waals surface area (Å²) < 4.78 is 0. The molecule has 0 aromatic carbocycles. The number of carbonyl (C=O) groups excluding carboxylic acids is 1. The predicted molar refractivity (Wildman–Crippen MR) is 64.6 cm³/mol. The second-order valence-corrected chi connectivity index (χ2v) is 4.65. The highest BCUT2D eigenvalue weighted by atomic mass is 16.4. The SMILES string of the molecule is CNCCCNC(=O)C1CCCC(C(=O)O)C1. The third kappa shape index (κ3) is 4.73.